The molecule has 2 aromatic carbocycles. The maximum Gasteiger partial charge on any atom is 0.307 e. The quantitative estimate of drug-likeness (QED) is 0.580. The van der Waals surface area contributed by atoms with Crippen molar-refractivity contribution in [2.45, 2.75) is 12.5 Å². The summed E-state index contributed by atoms with van der Waals surface area (Å²) in [6.07, 6.45) is 1.24. The van der Waals surface area contributed by atoms with Gasteiger partial charge in [0.1, 0.15) is 5.56 Å². The average molecular weight is 410 g/mol. The van der Waals surface area contributed by atoms with Crippen LogP contribution < -0.4 is 20.2 Å². The normalized spacial score (nSPS) is 11.6. The summed E-state index contributed by atoms with van der Waals surface area (Å²) in [7, 11) is 4.27. The van der Waals surface area contributed by atoms with Gasteiger partial charge in [0.15, 0.2) is 11.5 Å². The fraction of sp³-hybridized carbons (Fsp3) is 0.227. The van der Waals surface area contributed by atoms with Gasteiger partial charge < -0.3 is 24.5 Å². The van der Waals surface area contributed by atoms with Crippen molar-refractivity contribution in [3.8, 4) is 11.5 Å². The predicted molar refractivity (Wildman–Crippen MR) is 111 cm³/mol. The zero-order valence-electron chi connectivity index (χ0n) is 16.9. The SMILES string of the molecule is COC(=O)CC(NC(=O)c1c[nH]c2ccccc2c1=O)c1ccc(OC)c(OC)c1. The molecule has 156 valence electrons. The molecule has 0 aliphatic heterocycles. The van der Waals surface area contributed by atoms with Crippen molar-refractivity contribution >= 4 is 22.8 Å². The maximum absolute atomic E-state index is 12.9. The van der Waals surface area contributed by atoms with Crippen LogP contribution in [-0.4, -0.2) is 38.2 Å². The molecule has 0 aliphatic rings. The molecule has 1 aromatic heterocycles. The fourth-order valence-corrected chi connectivity index (χ4v) is 3.14. The molecule has 0 fully saturated rings. The third-order valence-corrected chi connectivity index (χ3v) is 4.75. The molecule has 3 rings (SSSR count). The Morgan fingerprint density at radius 2 is 1.77 bits per heavy atom. The van der Waals surface area contributed by atoms with E-state index in [1.807, 2.05) is 0 Å². The smallest absolute Gasteiger partial charge is 0.307 e. The number of rotatable bonds is 7. The molecule has 0 saturated heterocycles. The predicted octanol–water partition coefficient (Wildman–Crippen LogP) is 2.58. The standard InChI is InChI=1S/C22H22N2O6/c1-28-18-9-8-13(10-19(18)29-2)17(11-20(25)30-3)24-22(27)15-12-23-16-7-5-4-6-14(16)21(15)26/h4-10,12,17H,11H2,1-3H3,(H,23,26)(H,24,27). The molecule has 1 atom stereocenters. The van der Waals surface area contributed by atoms with E-state index < -0.39 is 23.3 Å². The Hall–Kier alpha value is -3.81. The summed E-state index contributed by atoms with van der Waals surface area (Å²) in [6.45, 7) is 0. The van der Waals surface area contributed by atoms with Gasteiger partial charge in [0.2, 0.25) is 5.43 Å². The van der Waals surface area contributed by atoms with Crippen LogP contribution in [0.1, 0.15) is 28.4 Å². The minimum Gasteiger partial charge on any atom is -0.493 e. The van der Waals surface area contributed by atoms with Crippen LogP contribution in [0.5, 0.6) is 11.5 Å². The maximum atomic E-state index is 12.9. The number of fused-ring (bicyclic) bond motifs is 1. The van der Waals surface area contributed by atoms with Crippen molar-refractivity contribution < 1.29 is 23.8 Å². The summed E-state index contributed by atoms with van der Waals surface area (Å²) in [6, 6.07) is 11.2. The van der Waals surface area contributed by atoms with E-state index in [9.17, 15) is 14.4 Å². The number of aromatic nitrogens is 1. The number of methoxy groups -OCH3 is 3. The van der Waals surface area contributed by atoms with Crippen LogP contribution in [0.4, 0.5) is 0 Å². The van der Waals surface area contributed by atoms with Gasteiger partial charge >= 0.3 is 5.97 Å². The molecule has 0 bridgehead atoms. The van der Waals surface area contributed by atoms with Crippen LogP contribution in [0, 0.1) is 0 Å². The number of esters is 1. The van der Waals surface area contributed by atoms with Gasteiger partial charge in [0.05, 0.1) is 33.8 Å². The highest BCUT2D eigenvalue weighted by molar-refractivity contribution is 5.97. The third kappa shape index (κ3) is 4.27. The molecule has 0 aliphatic carbocycles. The summed E-state index contributed by atoms with van der Waals surface area (Å²) in [5.41, 5.74) is 0.781. The summed E-state index contributed by atoms with van der Waals surface area (Å²) >= 11 is 0. The van der Waals surface area contributed by atoms with E-state index in [-0.39, 0.29) is 12.0 Å². The van der Waals surface area contributed by atoms with Crippen LogP contribution in [0.2, 0.25) is 0 Å². The van der Waals surface area contributed by atoms with Gasteiger partial charge in [-0.2, -0.15) is 0 Å². The van der Waals surface area contributed by atoms with E-state index in [0.717, 1.165) is 0 Å². The van der Waals surface area contributed by atoms with E-state index >= 15 is 0 Å². The number of hydrogen-bond acceptors (Lipinski definition) is 6. The molecule has 3 aromatic rings. The van der Waals surface area contributed by atoms with Crippen molar-refractivity contribution in [1.82, 2.24) is 10.3 Å². The lowest BCUT2D eigenvalue weighted by Gasteiger charge is -2.19. The zero-order chi connectivity index (χ0) is 21.7. The Balaban J connectivity index is 1.96. The molecule has 2 N–H and O–H groups in total. The molecule has 1 unspecified atom stereocenters. The van der Waals surface area contributed by atoms with E-state index in [1.165, 1.54) is 27.5 Å². The van der Waals surface area contributed by atoms with Crippen LogP contribution in [0.25, 0.3) is 10.9 Å². The van der Waals surface area contributed by atoms with Crippen LogP contribution in [-0.2, 0) is 9.53 Å². The van der Waals surface area contributed by atoms with Crippen molar-refractivity contribution in [2.24, 2.45) is 0 Å². The minimum absolute atomic E-state index is 0.0518. The number of amides is 1. The molecule has 0 saturated carbocycles. The van der Waals surface area contributed by atoms with Gasteiger partial charge in [-0.15, -0.1) is 0 Å². The molecule has 30 heavy (non-hydrogen) atoms. The Morgan fingerprint density at radius 1 is 1.03 bits per heavy atom. The molecule has 1 amide bonds. The second kappa shape index (κ2) is 9.13. The molecule has 1 heterocycles. The van der Waals surface area contributed by atoms with Gasteiger partial charge in [-0.1, -0.05) is 18.2 Å². The number of carbonyl (C=O) groups excluding carboxylic acids is 2. The van der Waals surface area contributed by atoms with Crippen molar-refractivity contribution in [1.29, 1.82) is 0 Å². The Labute approximate surface area is 172 Å². The average Bonchev–Trinajstić information content (AvgIpc) is 2.78. The Kier molecular flexibility index (Phi) is 6.36. The first-order valence-electron chi connectivity index (χ1n) is 9.18. The Bertz CT molecular complexity index is 1140. The van der Waals surface area contributed by atoms with Gasteiger partial charge in [0.25, 0.3) is 5.91 Å². The topological polar surface area (TPSA) is 107 Å². The van der Waals surface area contributed by atoms with Crippen molar-refractivity contribution in [3.63, 3.8) is 0 Å². The number of hydrogen-bond donors (Lipinski definition) is 2. The van der Waals surface area contributed by atoms with Gasteiger partial charge in [0, 0.05) is 17.1 Å². The lowest BCUT2D eigenvalue weighted by Crippen LogP contribution is -2.33. The molecular weight excluding hydrogens is 388 g/mol. The number of nitrogens with one attached hydrogen (secondary N) is 2. The first-order valence-corrected chi connectivity index (χ1v) is 9.18. The Morgan fingerprint density at radius 3 is 2.47 bits per heavy atom. The minimum atomic E-state index is -0.740. The highest BCUT2D eigenvalue weighted by atomic mass is 16.5. The highest BCUT2D eigenvalue weighted by Gasteiger charge is 2.23. The van der Waals surface area contributed by atoms with Crippen molar-refractivity contribution in [3.05, 3.63) is 70.0 Å². The lowest BCUT2D eigenvalue weighted by atomic mass is 10.0. The van der Waals surface area contributed by atoms with Gasteiger partial charge in [-0.3, -0.25) is 14.4 Å². The first-order chi connectivity index (χ1) is 14.5. The van der Waals surface area contributed by atoms with E-state index in [0.29, 0.717) is 28.0 Å². The summed E-state index contributed by atoms with van der Waals surface area (Å²) in [5, 5.41) is 3.16. The van der Waals surface area contributed by atoms with Gasteiger partial charge in [-0.25, -0.2) is 0 Å². The van der Waals surface area contributed by atoms with Crippen molar-refractivity contribution in [2.75, 3.05) is 21.3 Å². The van der Waals surface area contributed by atoms with Crippen LogP contribution in [0.15, 0.2) is 53.5 Å². The monoisotopic (exact) mass is 410 g/mol. The largest absolute Gasteiger partial charge is 0.493 e. The number of para-hydroxylation sites is 1. The molecule has 8 heteroatoms. The molecule has 0 radical (unpaired) electrons. The van der Waals surface area contributed by atoms with E-state index in [2.05, 4.69) is 10.3 Å². The number of benzene rings is 2. The number of pyridine rings is 1. The third-order valence-electron chi connectivity index (χ3n) is 4.75. The first kappa shape index (κ1) is 20.9. The second-order valence-electron chi connectivity index (χ2n) is 6.50. The summed E-state index contributed by atoms with van der Waals surface area (Å²) in [5.74, 6) is -0.161. The van der Waals surface area contributed by atoms with E-state index in [1.54, 1.807) is 42.5 Å². The van der Waals surface area contributed by atoms with Gasteiger partial charge in [-0.05, 0) is 29.8 Å². The number of ether oxygens (including phenoxy) is 3. The van der Waals surface area contributed by atoms with Crippen LogP contribution >= 0.6 is 0 Å². The van der Waals surface area contributed by atoms with E-state index in [4.69, 9.17) is 14.2 Å². The number of H-pyrrole nitrogens is 1. The molecule has 0 spiro atoms. The number of carbonyl (C=O) groups is 2. The zero-order valence-corrected chi connectivity index (χ0v) is 16.9. The fourth-order valence-electron chi connectivity index (χ4n) is 3.14. The lowest BCUT2D eigenvalue weighted by molar-refractivity contribution is -0.141. The number of aromatic amines is 1. The van der Waals surface area contributed by atoms with Crippen LogP contribution in [0.3, 0.4) is 0 Å². The highest BCUT2D eigenvalue weighted by Crippen LogP contribution is 2.31. The molecule has 8 nitrogen and oxygen atoms in total. The molecular formula is C22H22N2O6. The summed E-state index contributed by atoms with van der Waals surface area (Å²) < 4.78 is 15.3. The second-order valence-corrected chi connectivity index (χ2v) is 6.50. The summed E-state index contributed by atoms with van der Waals surface area (Å²) in [4.78, 5) is 40.5.